The standard InChI is InChI=1S/C25H34N4O4S2.ClH/c1-15-10-12-29(13-11-15)35(32,33)17-8-6-16(7-9-17)22(31)27-23-19(21(26)30)18-14-24(2,3)28-25(4,5)20(18)34-23;/h6-9,15,28H,10-14H2,1-5H3,(H2,26,30)(H,27,31);1H. The maximum absolute atomic E-state index is 13.1. The second kappa shape index (κ2) is 10.1. The van der Waals surface area contributed by atoms with Gasteiger partial charge < -0.3 is 16.4 Å². The smallest absolute Gasteiger partial charge is 0.256 e. The van der Waals surface area contributed by atoms with Crippen molar-refractivity contribution in [2.24, 2.45) is 11.7 Å². The number of nitrogens with zero attached hydrogens (tertiary/aromatic N) is 1. The second-order valence-electron chi connectivity index (χ2n) is 10.9. The molecule has 4 N–H and O–H groups in total. The third-order valence-electron chi connectivity index (χ3n) is 6.81. The lowest BCUT2D eigenvalue weighted by Gasteiger charge is -2.42. The number of hydrogen-bond acceptors (Lipinski definition) is 6. The first-order valence-electron chi connectivity index (χ1n) is 11.9. The molecule has 0 spiro atoms. The maximum Gasteiger partial charge on any atom is 0.256 e. The summed E-state index contributed by atoms with van der Waals surface area (Å²) < 4.78 is 27.5. The van der Waals surface area contributed by atoms with Gasteiger partial charge in [0.25, 0.3) is 11.8 Å². The summed E-state index contributed by atoms with van der Waals surface area (Å²) in [5.74, 6) is -0.483. The zero-order chi connectivity index (χ0) is 25.8. The van der Waals surface area contributed by atoms with E-state index in [0.717, 1.165) is 23.3 Å². The first-order chi connectivity index (χ1) is 16.2. The van der Waals surface area contributed by atoms with Crippen LogP contribution in [0, 0.1) is 5.92 Å². The number of nitrogens with two attached hydrogens (primary N) is 1. The molecule has 1 fully saturated rings. The minimum atomic E-state index is -3.60. The number of primary amides is 1. The molecule has 3 heterocycles. The topological polar surface area (TPSA) is 122 Å². The largest absolute Gasteiger partial charge is 0.365 e. The van der Waals surface area contributed by atoms with Crippen molar-refractivity contribution >= 4 is 50.6 Å². The maximum atomic E-state index is 13.1. The Kier molecular flexibility index (Phi) is 7.99. The van der Waals surface area contributed by atoms with Crippen LogP contribution < -0.4 is 16.4 Å². The van der Waals surface area contributed by atoms with Crippen LogP contribution in [0.3, 0.4) is 0 Å². The Balaban J connectivity index is 0.00000361. The van der Waals surface area contributed by atoms with E-state index in [-0.39, 0.29) is 22.8 Å². The lowest BCUT2D eigenvalue weighted by Crippen LogP contribution is -2.55. The highest BCUT2D eigenvalue weighted by Gasteiger charge is 2.41. The number of hydrogen-bond donors (Lipinski definition) is 3. The molecular weight excluding hydrogens is 520 g/mol. The molecule has 0 saturated carbocycles. The predicted octanol–water partition coefficient (Wildman–Crippen LogP) is 4.10. The number of benzene rings is 1. The number of carbonyl (C=O) groups is 2. The Morgan fingerprint density at radius 2 is 1.69 bits per heavy atom. The van der Waals surface area contributed by atoms with Crippen molar-refractivity contribution in [2.45, 2.75) is 69.9 Å². The van der Waals surface area contributed by atoms with Crippen molar-refractivity contribution in [3.63, 3.8) is 0 Å². The number of carbonyl (C=O) groups excluding carboxylic acids is 2. The molecule has 0 bridgehead atoms. The highest BCUT2D eigenvalue weighted by Crippen LogP contribution is 2.45. The van der Waals surface area contributed by atoms with Crippen LogP contribution in [0.5, 0.6) is 0 Å². The van der Waals surface area contributed by atoms with E-state index in [0.29, 0.717) is 41.6 Å². The van der Waals surface area contributed by atoms with Gasteiger partial charge in [0.05, 0.1) is 10.5 Å². The van der Waals surface area contributed by atoms with Gasteiger partial charge in [0, 0.05) is 34.6 Å². The predicted molar refractivity (Wildman–Crippen MR) is 146 cm³/mol. The Morgan fingerprint density at radius 3 is 2.25 bits per heavy atom. The molecule has 0 radical (unpaired) electrons. The minimum absolute atomic E-state index is 0. The Morgan fingerprint density at radius 1 is 1.11 bits per heavy atom. The molecule has 2 aliphatic rings. The molecule has 1 aromatic carbocycles. The summed E-state index contributed by atoms with van der Waals surface area (Å²) in [5.41, 5.74) is 6.63. The number of nitrogens with one attached hydrogen (secondary N) is 2. The number of thiophene rings is 1. The summed E-state index contributed by atoms with van der Waals surface area (Å²) >= 11 is 1.35. The summed E-state index contributed by atoms with van der Waals surface area (Å²) in [7, 11) is -3.60. The third-order valence-corrected chi connectivity index (χ3v) is 10.2. The quantitative estimate of drug-likeness (QED) is 0.513. The molecule has 2 aromatic rings. The van der Waals surface area contributed by atoms with Gasteiger partial charge in [0.1, 0.15) is 5.00 Å². The average Bonchev–Trinajstić information content (AvgIpc) is 3.11. The van der Waals surface area contributed by atoms with Crippen LogP contribution in [0.15, 0.2) is 29.2 Å². The third kappa shape index (κ3) is 5.47. The van der Waals surface area contributed by atoms with Gasteiger partial charge in [-0.05, 0) is 82.7 Å². The zero-order valence-corrected chi connectivity index (χ0v) is 23.8. The van der Waals surface area contributed by atoms with Gasteiger partial charge in [0.2, 0.25) is 10.0 Å². The zero-order valence-electron chi connectivity index (χ0n) is 21.3. The minimum Gasteiger partial charge on any atom is -0.365 e. The molecule has 1 aromatic heterocycles. The van der Waals surface area contributed by atoms with Crippen molar-refractivity contribution in [1.29, 1.82) is 0 Å². The van der Waals surface area contributed by atoms with Gasteiger partial charge in [-0.2, -0.15) is 4.31 Å². The Hall–Kier alpha value is -1.98. The number of sulfonamides is 1. The molecule has 36 heavy (non-hydrogen) atoms. The SMILES string of the molecule is CC1CCN(S(=O)(=O)c2ccc(C(=O)Nc3sc4c(c3C(N)=O)CC(C)(C)NC4(C)C)cc2)CC1.Cl. The van der Waals surface area contributed by atoms with Gasteiger partial charge in [-0.3, -0.25) is 9.59 Å². The number of amides is 2. The first kappa shape index (κ1) is 28.6. The molecule has 0 aliphatic carbocycles. The second-order valence-corrected chi connectivity index (χ2v) is 13.8. The number of anilines is 1. The van der Waals surface area contributed by atoms with E-state index in [4.69, 9.17) is 5.73 Å². The van der Waals surface area contributed by atoms with E-state index in [1.54, 1.807) is 0 Å². The summed E-state index contributed by atoms with van der Waals surface area (Å²) in [6.07, 6.45) is 2.30. The van der Waals surface area contributed by atoms with Crippen LogP contribution in [0.2, 0.25) is 0 Å². The van der Waals surface area contributed by atoms with E-state index < -0.39 is 27.4 Å². The highest BCUT2D eigenvalue weighted by atomic mass is 35.5. The van der Waals surface area contributed by atoms with Gasteiger partial charge in [-0.25, -0.2) is 8.42 Å². The van der Waals surface area contributed by atoms with Crippen molar-refractivity contribution < 1.29 is 18.0 Å². The fraction of sp³-hybridized carbons (Fsp3) is 0.520. The van der Waals surface area contributed by atoms with Gasteiger partial charge in [0.15, 0.2) is 0 Å². The molecule has 11 heteroatoms. The van der Waals surface area contributed by atoms with Crippen molar-refractivity contribution in [3.05, 3.63) is 45.8 Å². The van der Waals surface area contributed by atoms with Gasteiger partial charge in [-0.15, -0.1) is 23.7 Å². The van der Waals surface area contributed by atoms with E-state index >= 15 is 0 Å². The van der Waals surface area contributed by atoms with E-state index in [1.807, 2.05) is 13.8 Å². The fourth-order valence-corrected chi connectivity index (χ4v) is 7.95. The molecule has 0 atom stereocenters. The van der Waals surface area contributed by atoms with Gasteiger partial charge >= 0.3 is 0 Å². The number of fused-ring (bicyclic) bond motifs is 1. The van der Waals surface area contributed by atoms with Crippen molar-refractivity contribution in [2.75, 3.05) is 18.4 Å². The molecule has 1 saturated heterocycles. The van der Waals surface area contributed by atoms with E-state index in [9.17, 15) is 18.0 Å². The van der Waals surface area contributed by atoms with Crippen LogP contribution >= 0.6 is 23.7 Å². The molecule has 4 rings (SSSR count). The number of rotatable bonds is 5. The molecular formula is C25H35ClN4O4S2. The lowest BCUT2D eigenvalue weighted by molar-refractivity contribution is 0.0999. The van der Waals surface area contributed by atoms with Crippen molar-refractivity contribution in [3.8, 4) is 0 Å². The van der Waals surface area contributed by atoms with Crippen LogP contribution in [0.25, 0.3) is 0 Å². The van der Waals surface area contributed by atoms with Crippen LogP contribution in [-0.2, 0) is 22.0 Å². The van der Waals surface area contributed by atoms with Gasteiger partial charge in [-0.1, -0.05) is 6.92 Å². The molecule has 2 aliphatic heterocycles. The summed E-state index contributed by atoms with van der Waals surface area (Å²) in [6.45, 7) is 11.4. The first-order valence-corrected chi connectivity index (χ1v) is 14.1. The summed E-state index contributed by atoms with van der Waals surface area (Å²) in [6, 6.07) is 5.93. The fourth-order valence-electron chi connectivity index (χ4n) is 5.20. The lowest BCUT2D eigenvalue weighted by atomic mass is 9.81. The summed E-state index contributed by atoms with van der Waals surface area (Å²) in [5, 5.41) is 6.85. The van der Waals surface area contributed by atoms with Crippen LogP contribution in [0.1, 0.15) is 78.6 Å². The van der Waals surface area contributed by atoms with E-state index in [1.165, 1.54) is 39.9 Å². The number of piperidine rings is 1. The van der Waals surface area contributed by atoms with Crippen LogP contribution in [0.4, 0.5) is 5.00 Å². The Labute approximate surface area is 223 Å². The molecule has 0 unspecified atom stereocenters. The molecule has 2 amide bonds. The normalized spacial score (nSPS) is 19.7. The van der Waals surface area contributed by atoms with E-state index in [2.05, 4.69) is 31.4 Å². The number of halogens is 1. The monoisotopic (exact) mass is 554 g/mol. The molecule has 198 valence electrons. The van der Waals surface area contributed by atoms with Crippen LogP contribution in [-0.4, -0.2) is 43.2 Å². The Bertz CT molecular complexity index is 1260. The highest BCUT2D eigenvalue weighted by molar-refractivity contribution is 7.89. The average molecular weight is 555 g/mol. The summed E-state index contributed by atoms with van der Waals surface area (Å²) in [4.78, 5) is 26.6. The molecule has 8 nitrogen and oxygen atoms in total. The van der Waals surface area contributed by atoms with Crippen molar-refractivity contribution in [1.82, 2.24) is 9.62 Å².